The molecule has 0 aliphatic heterocycles. The Labute approximate surface area is 179 Å². The Hall–Kier alpha value is -3.09. The second kappa shape index (κ2) is 9.41. The minimum atomic E-state index is -0.0872. The van der Waals surface area contributed by atoms with Crippen LogP contribution in [0.2, 0.25) is 0 Å². The molecule has 0 atom stereocenters. The van der Waals surface area contributed by atoms with E-state index in [1.54, 1.807) is 31.1 Å². The lowest BCUT2D eigenvalue weighted by Crippen LogP contribution is -2.17. The number of rotatable bonds is 5. The highest BCUT2D eigenvalue weighted by Crippen LogP contribution is 2.31. The number of hydrogen-bond donors (Lipinski definition) is 2. The Balaban J connectivity index is 0.00000240. The molecule has 4 rings (SSSR count). The smallest absolute Gasteiger partial charge is 0.251 e. The van der Waals surface area contributed by atoms with E-state index < -0.39 is 0 Å². The highest BCUT2D eigenvalue weighted by molar-refractivity contribution is 7.99. The van der Waals surface area contributed by atoms with Gasteiger partial charge in [0.25, 0.3) is 5.91 Å². The molecule has 0 aliphatic rings. The van der Waals surface area contributed by atoms with Crippen molar-refractivity contribution in [3.63, 3.8) is 0 Å². The fraction of sp³-hybridized carbons (Fsp3) is 0.0455. The number of nitrogens with one attached hydrogen (secondary N) is 2. The number of benzene rings is 2. The molecule has 0 bridgehead atoms. The molecule has 1 amide bonds. The second-order valence-corrected chi connectivity index (χ2v) is 7.26. The van der Waals surface area contributed by atoms with Crippen LogP contribution in [0.1, 0.15) is 21.7 Å². The quantitative estimate of drug-likeness (QED) is 0.471. The first-order chi connectivity index (χ1) is 13.7. The molecular weight excluding hydrogens is 404 g/mol. The molecule has 7 heteroatoms. The lowest BCUT2D eigenvalue weighted by Gasteiger charge is -2.05. The van der Waals surface area contributed by atoms with E-state index in [1.165, 1.54) is 0 Å². The molecule has 4 aromatic rings. The Morgan fingerprint density at radius 3 is 2.69 bits per heavy atom. The van der Waals surface area contributed by atoms with Gasteiger partial charge in [-0.3, -0.25) is 14.9 Å². The van der Waals surface area contributed by atoms with Gasteiger partial charge in [-0.1, -0.05) is 23.9 Å². The van der Waals surface area contributed by atoms with Gasteiger partial charge < -0.3 is 5.32 Å². The van der Waals surface area contributed by atoms with Crippen molar-refractivity contribution in [3.05, 3.63) is 83.8 Å². The van der Waals surface area contributed by atoms with Crippen molar-refractivity contribution in [3.8, 4) is 0 Å². The van der Waals surface area contributed by atoms with Gasteiger partial charge in [0.1, 0.15) is 0 Å². The Bertz CT molecular complexity index is 1160. The lowest BCUT2D eigenvalue weighted by molar-refractivity contribution is 0.0963. The van der Waals surface area contributed by atoms with E-state index in [-0.39, 0.29) is 18.3 Å². The maximum atomic E-state index is 11.8. The fourth-order valence-corrected chi connectivity index (χ4v) is 3.75. The van der Waals surface area contributed by atoms with Crippen molar-refractivity contribution >= 4 is 53.1 Å². The van der Waals surface area contributed by atoms with Gasteiger partial charge in [0, 0.05) is 34.0 Å². The van der Waals surface area contributed by atoms with E-state index in [4.69, 9.17) is 0 Å². The summed E-state index contributed by atoms with van der Waals surface area (Å²) < 4.78 is 0. The fourth-order valence-electron chi connectivity index (χ4n) is 2.83. The van der Waals surface area contributed by atoms with Crippen molar-refractivity contribution in [1.29, 1.82) is 0 Å². The highest BCUT2D eigenvalue weighted by atomic mass is 35.5. The SMILES string of the molecule is CNC(=O)c1cccc(Sc2ccc3c(/C=C/c4ccccn4)n[nH]c3c2)c1.Cl. The summed E-state index contributed by atoms with van der Waals surface area (Å²) in [7, 11) is 1.63. The summed E-state index contributed by atoms with van der Waals surface area (Å²) in [5, 5.41) is 11.2. The number of aromatic nitrogens is 3. The zero-order chi connectivity index (χ0) is 19.3. The van der Waals surface area contributed by atoms with Gasteiger partial charge in [-0.05, 0) is 60.7 Å². The second-order valence-electron chi connectivity index (χ2n) is 6.11. The van der Waals surface area contributed by atoms with Gasteiger partial charge in [-0.15, -0.1) is 12.4 Å². The van der Waals surface area contributed by atoms with E-state index >= 15 is 0 Å². The molecule has 2 aromatic carbocycles. The number of halogens is 1. The van der Waals surface area contributed by atoms with E-state index in [0.717, 1.165) is 32.1 Å². The number of aromatic amines is 1. The number of nitrogens with zero attached hydrogens (tertiary/aromatic N) is 2. The predicted octanol–water partition coefficient (Wildman–Crippen LogP) is 5.06. The third-order valence-electron chi connectivity index (χ3n) is 4.22. The Morgan fingerprint density at radius 2 is 1.90 bits per heavy atom. The van der Waals surface area contributed by atoms with Crippen LogP contribution >= 0.6 is 24.2 Å². The molecule has 0 saturated heterocycles. The molecule has 0 spiro atoms. The number of hydrogen-bond acceptors (Lipinski definition) is 4. The number of H-pyrrole nitrogens is 1. The molecule has 29 heavy (non-hydrogen) atoms. The molecule has 0 fully saturated rings. The molecule has 0 radical (unpaired) electrons. The summed E-state index contributed by atoms with van der Waals surface area (Å²) >= 11 is 1.61. The van der Waals surface area contributed by atoms with Crippen LogP contribution < -0.4 is 5.32 Å². The Morgan fingerprint density at radius 1 is 1.03 bits per heavy atom. The van der Waals surface area contributed by atoms with Crippen LogP contribution in [0.15, 0.2) is 76.7 Å². The van der Waals surface area contributed by atoms with E-state index in [9.17, 15) is 4.79 Å². The van der Waals surface area contributed by atoms with Crippen molar-refractivity contribution in [2.24, 2.45) is 0 Å². The minimum absolute atomic E-state index is 0. The van der Waals surface area contributed by atoms with Gasteiger partial charge in [-0.25, -0.2) is 0 Å². The van der Waals surface area contributed by atoms with Crippen LogP contribution in [0.3, 0.4) is 0 Å². The first-order valence-electron chi connectivity index (χ1n) is 8.80. The molecule has 2 heterocycles. The average molecular weight is 423 g/mol. The van der Waals surface area contributed by atoms with Gasteiger partial charge in [0.15, 0.2) is 0 Å². The molecule has 0 aliphatic carbocycles. The van der Waals surface area contributed by atoms with E-state index in [1.807, 2.05) is 48.6 Å². The van der Waals surface area contributed by atoms with E-state index in [0.29, 0.717) is 5.56 Å². The molecule has 2 N–H and O–H groups in total. The van der Waals surface area contributed by atoms with Crippen LogP contribution in [0.25, 0.3) is 23.1 Å². The van der Waals surface area contributed by atoms with Crippen LogP contribution in [0.4, 0.5) is 0 Å². The topological polar surface area (TPSA) is 70.7 Å². The number of carbonyl (C=O) groups excluding carboxylic acids is 1. The first-order valence-corrected chi connectivity index (χ1v) is 9.62. The zero-order valence-corrected chi connectivity index (χ0v) is 17.3. The molecule has 2 aromatic heterocycles. The normalized spacial score (nSPS) is 10.8. The largest absolute Gasteiger partial charge is 0.355 e. The summed E-state index contributed by atoms with van der Waals surface area (Å²) in [6, 6.07) is 19.6. The summed E-state index contributed by atoms with van der Waals surface area (Å²) in [4.78, 5) is 18.2. The summed E-state index contributed by atoms with van der Waals surface area (Å²) in [6.45, 7) is 0. The van der Waals surface area contributed by atoms with Crippen molar-refractivity contribution in [1.82, 2.24) is 20.5 Å². The van der Waals surface area contributed by atoms with E-state index in [2.05, 4.69) is 38.7 Å². The number of amides is 1. The minimum Gasteiger partial charge on any atom is -0.355 e. The van der Waals surface area contributed by atoms with Crippen molar-refractivity contribution in [2.75, 3.05) is 7.05 Å². The molecule has 5 nitrogen and oxygen atoms in total. The standard InChI is InChI=1S/C22H18N4OS.ClH/c1-23-22(27)15-5-4-7-17(13-15)28-18-9-10-19-20(25-26-21(19)14-18)11-8-16-6-2-3-12-24-16;/h2-14H,1H3,(H,23,27)(H,25,26);1H/b11-8+;. The maximum absolute atomic E-state index is 11.8. The third-order valence-corrected chi connectivity index (χ3v) is 5.20. The first kappa shape index (κ1) is 20.6. The number of carbonyl (C=O) groups is 1. The predicted molar refractivity (Wildman–Crippen MR) is 120 cm³/mol. The molecule has 146 valence electrons. The average Bonchev–Trinajstić information content (AvgIpc) is 3.15. The van der Waals surface area contributed by atoms with Gasteiger partial charge in [0.05, 0.1) is 16.9 Å². The van der Waals surface area contributed by atoms with Gasteiger partial charge in [-0.2, -0.15) is 5.10 Å². The number of pyridine rings is 1. The maximum Gasteiger partial charge on any atom is 0.251 e. The molecule has 0 unspecified atom stereocenters. The van der Waals surface area contributed by atoms with Crippen molar-refractivity contribution in [2.45, 2.75) is 9.79 Å². The zero-order valence-electron chi connectivity index (χ0n) is 15.6. The lowest BCUT2D eigenvalue weighted by atomic mass is 10.2. The monoisotopic (exact) mass is 422 g/mol. The van der Waals surface area contributed by atoms with Crippen LogP contribution in [0.5, 0.6) is 0 Å². The summed E-state index contributed by atoms with van der Waals surface area (Å²) in [5.41, 5.74) is 3.38. The summed E-state index contributed by atoms with van der Waals surface area (Å²) in [5.74, 6) is -0.0872. The van der Waals surface area contributed by atoms with Crippen LogP contribution in [0, 0.1) is 0 Å². The van der Waals surface area contributed by atoms with Crippen LogP contribution in [-0.2, 0) is 0 Å². The number of fused-ring (bicyclic) bond motifs is 1. The van der Waals surface area contributed by atoms with Gasteiger partial charge >= 0.3 is 0 Å². The van der Waals surface area contributed by atoms with Crippen LogP contribution in [-0.4, -0.2) is 28.1 Å². The molecular formula is C22H19ClN4OS. The Kier molecular flexibility index (Phi) is 6.69. The molecule has 0 saturated carbocycles. The van der Waals surface area contributed by atoms with Gasteiger partial charge in [0.2, 0.25) is 0 Å². The highest BCUT2D eigenvalue weighted by Gasteiger charge is 2.07. The summed E-state index contributed by atoms with van der Waals surface area (Å²) in [6.07, 6.45) is 5.67. The third kappa shape index (κ3) is 4.85. The van der Waals surface area contributed by atoms with Crippen molar-refractivity contribution < 1.29 is 4.79 Å².